The minimum atomic E-state index is -4.12. The van der Waals surface area contributed by atoms with Crippen LogP contribution in [0.15, 0.2) is 27.8 Å². The maximum absolute atomic E-state index is 12.5. The second-order valence-electron chi connectivity index (χ2n) is 7.64. The number of hydrogen-bond donors (Lipinski definition) is 3. The normalized spacial score (nSPS) is 16.1. The molecule has 180 valence electrons. The van der Waals surface area contributed by atoms with Crippen LogP contribution in [-0.4, -0.2) is 71.5 Å². The lowest BCUT2D eigenvalue weighted by Crippen LogP contribution is -2.40. The summed E-state index contributed by atoms with van der Waals surface area (Å²) >= 11 is 0. The molecule has 0 atom stereocenters. The molecule has 0 amide bonds. The molecular formula is C20H31F3IN7O. The number of alkyl halides is 3. The molecular weight excluding hydrogens is 538 g/mol. The van der Waals surface area contributed by atoms with Crippen molar-refractivity contribution in [2.24, 2.45) is 10.9 Å². The highest BCUT2D eigenvalue weighted by atomic mass is 127. The molecule has 1 aliphatic rings. The van der Waals surface area contributed by atoms with Gasteiger partial charge in [0.05, 0.1) is 12.8 Å². The Morgan fingerprint density at radius 3 is 2.75 bits per heavy atom. The Morgan fingerprint density at radius 2 is 2.09 bits per heavy atom. The third-order valence-electron chi connectivity index (χ3n) is 5.19. The van der Waals surface area contributed by atoms with Gasteiger partial charge in [0, 0.05) is 26.1 Å². The molecule has 0 saturated carbocycles. The van der Waals surface area contributed by atoms with E-state index < -0.39 is 12.7 Å². The van der Waals surface area contributed by atoms with Gasteiger partial charge in [-0.15, -0.1) is 24.0 Å². The van der Waals surface area contributed by atoms with Gasteiger partial charge in [0.1, 0.15) is 5.82 Å². The fraction of sp³-hybridized carbons (Fsp3) is 0.650. The van der Waals surface area contributed by atoms with Crippen LogP contribution in [0.3, 0.4) is 0 Å². The van der Waals surface area contributed by atoms with Crippen LogP contribution < -0.4 is 10.6 Å². The number of aromatic nitrogens is 3. The van der Waals surface area contributed by atoms with Crippen LogP contribution in [0.1, 0.15) is 32.0 Å². The van der Waals surface area contributed by atoms with E-state index in [1.165, 1.54) is 4.90 Å². The van der Waals surface area contributed by atoms with Crippen molar-refractivity contribution >= 4 is 29.9 Å². The zero-order valence-corrected chi connectivity index (χ0v) is 20.5. The first-order valence-electron chi connectivity index (χ1n) is 10.7. The SMILES string of the molecule is CCNC(=NCCC1CCN(CC(F)(F)F)CC1)NCCc1nc(-c2ccco2)n[nH]1.I. The van der Waals surface area contributed by atoms with Gasteiger partial charge in [0.2, 0.25) is 5.82 Å². The molecule has 0 aromatic carbocycles. The summed E-state index contributed by atoms with van der Waals surface area (Å²) in [4.78, 5) is 10.5. The number of aromatic amines is 1. The van der Waals surface area contributed by atoms with Gasteiger partial charge < -0.3 is 15.1 Å². The van der Waals surface area contributed by atoms with Crippen LogP contribution in [0, 0.1) is 5.92 Å². The smallest absolute Gasteiger partial charge is 0.401 e. The molecule has 0 bridgehead atoms. The molecule has 0 spiro atoms. The molecule has 2 aromatic heterocycles. The summed E-state index contributed by atoms with van der Waals surface area (Å²) in [6.07, 6.45) is 0.576. The first-order valence-corrected chi connectivity index (χ1v) is 10.7. The molecule has 2 aromatic rings. The average molecular weight is 569 g/mol. The molecule has 3 N–H and O–H groups in total. The molecule has 0 aliphatic carbocycles. The largest absolute Gasteiger partial charge is 0.461 e. The molecule has 12 heteroatoms. The maximum Gasteiger partial charge on any atom is 0.401 e. The number of furan rings is 1. The Balaban J connectivity index is 0.00000363. The number of halogens is 4. The second kappa shape index (κ2) is 13.0. The van der Waals surface area contributed by atoms with Crippen molar-refractivity contribution < 1.29 is 17.6 Å². The van der Waals surface area contributed by atoms with Crippen molar-refractivity contribution in [3.8, 4) is 11.6 Å². The van der Waals surface area contributed by atoms with Crippen LogP contribution in [0.5, 0.6) is 0 Å². The predicted molar refractivity (Wildman–Crippen MR) is 127 cm³/mol. The highest BCUT2D eigenvalue weighted by Gasteiger charge is 2.32. The van der Waals surface area contributed by atoms with Crippen molar-refractivity contribution in [3.63, 3.8) is 0 Å². The molecule has 32 heavy (non-hydrogen) atoms. The second-order valence-corrected chi connectivity index (χ2v) is 7.64. The standard InChI is InChI=1S/C20H30F3N7O.HI/c1-2-24-19(25-9-5-15-7-11-30(12-8-15)14-20(21,22)23)26-10-6-17-27-18(29-28-17)16-4-3-13-31-16;/h3-4,13,15H,2,5-12,14H2,1H3,(H2,24,25,26)(H,27,28,29);1H. The average Bonchev–Trinajstić information content (AvgIpc) is 3.40. The minimum absolute atomic E-state index is 0. The maximum atomic E-state index is 12.5. The highest BCUT2D eigenvalue weighted by Crippen LogP contribution is 2.24. The van der Waals surface area contributed by atoms with Crippen LogP contribution in [0.2, 0.25) is 0 Å². The third-order valence-corrected chi connectivity index (χ3v) is 5.19. The minimum Gasteiger partial charge on any atom is -0.461 e. The number of piperidine rings is 1. The van der Waals surface area contributed by atoms with Gasteiger partial charge in [-0.25, -0.2) is 4.98 Å². The number of likely N-dealkylation sites (tertiary alicyclic amines) is 1. The lowest BCUT2D eigenvalue weighted by Gasteiger charge is -2.32. The summed E-state index contributed by atoms with van der Waals surface area (Å²) in [7, 11) is 0. The van der Waals surface area contributed by atoms with Gasteiger partial charge in [-0.05, 0) is 57.3 Å². The van der Waals surface area contributed by atoms with Gasteiger partial charge in [-0.2, -0.15) is 18.3 Å². The van der Waals surface area contributed by atoms with E-state index >= 15 is 0 Å². The fourth-order valence-electron chi connectivity index (χ4n) is 3.61. The molecule has 1 saturated heterocycles. The lowest BCUT2D eigenvalue weighted by molar-refractivity contribution is -0.148. The molecule has 3 rings (SSSR count). The highest BCUT2D eigenvalue weighted by molar-refractivity contribution is 14.0. The van der Waals surface area contributed by atoms with Crippen molar-refractivity contribution in [2.45, 2.75) is 38.8 Å². The van der Waals surface area contributed by atoms with Gasteiger partial charge in [0.25, 0.3) is 0 Å². The Bertz CT molecular complexity index is 802. The Morgan fingerprint density at radius 1 is 1.31 bits per heavy atom. The van der Waals surface area contributed by atoms with Crippen LogP contribution in [0.25, 0.3) is 11.6 Å². The monoisotopic (exact) mass is 569 g/mol. The predicted octanol–water partition coefficient (Wildman–Crippen LogP) is 3.44. The summed E-state index contributed by atoms with van der Waals surface area (Å²) in [5, 5.41) is 13.5. The zero-order valence-electron chi connectivity index (χ0n) is 18.1. The lowest BCUT2D eigenvalue weighted by atomic mass is 9.93. The van der Waals surface area contributed by atoms with E-state index in [-0.39, 0.29) is 24.0 Å². The van der Waals surface area contributed by atoms with Gasteiger partial charge in [-0.3, -0.25) is 15.0 Å². The Labute approximate surface area is 202 Å². The summed E-state index contributed by atoms with van der Waals surface area (Å²) in [6.45, 7) is 4.22. The molecule has 0 radical (unpaired) electrons. The first kappa shape index (κ1) is 26.4. The van der Waals surface area contributed by atoms with Gasteiger partial charge in [-0.1, -0.05) is 0 Å². The number of nitrogens with zero attached hydrogens (tertiary/aromatic N) is 4. The van der Waals surface area contributed by atoms with Crippen LogP contribution in [0.4, 0.5) is 13.2 Å². The number of rotatable bonds is 9. The van der Waals surface area contributed by atoms with Crippen molar-refractivity contribution in [2.75, 3.05) is 39.3 Å². The number of H-pyrrole nitrogens is 1. The zero-order chi connectivity index (χ0) is 22.1. The van der Waals surface area contributed by atoms with Crippen LogP contribution in [-0.2, 0) is 6.42 Å². The Kier molecular flexibility index (Phi) is 10.7. The third kappa shape index (κ3) is 8.96. The molecule has 3 heterocycles. The van der Waals surface area contributed by atoms with E-state index in [0.29, 0.717) is 50.1 Å². The summed E-state index contributed by atoms with van der Waals surface area (Å²) in [5.74, 6) is 3.05. The van der Waals surface area contributed by atoms with Gasteiger partial charge >= 0.3 is 6.18 Å². The van der Waals surface area contributed by atoms with E-state index in [1.807, 2.05) is 6.92 Å². The summed E-state index contributed by atoms with van der Waals surface area (Å²) in [5.41, 5.74) is 0. The summed E-state index contributed by atoms with van der Waals surface area (Å²) in [6, 6.07) is 3.60. The summed E-state index contributed by atoms with van der Waals surface area (Å²) < 4.78 is 42.8. The quantitative estimate of drug-likeness (QED) is 0.244. The Hall–Kier alpha value is -1.83. The number of hydrogen-bond acceptors (Lipinski definition) is 5. The topological polar surface area (TPSA) is 94.4 Å². The van der Waals surface area contributed by atoms with E-state index in [9.17, 15) is 13.2 Å². The molecule has 8 nitrogen and oxygen atoms in total. The van der Waals surface area contributed by atoms with E-state index in [0.717, 1.165) is 37.6 Å². The van der Waals surface area contributed by atoms with Crippen molar-refractivity contribution in [3.05, 3.63) is 24.2 Å². The van der Waals surface area contributed by atoms with Crippen LogP contribution >= 0.6 is 24.0 Å². The fourth-order valence-corrected chi connectivity index (χ4v) is 3.61. The number of aliphatic imine (C=N–C) groups is 1. The first-order chi connectivity index (χ1) is 14.9. The van der Waals surface area contributed by atoms with E-state index in [4.69, 9.17) is 4.42 Å². The molecule has 1 fully saturated rings. The van der Waals surface area contributed by atoms with E-state index in [1.54, 1.807) is 18.4 Å². The van der Waals surface area contributed by atoms with Crippen molar-refractivity contribution in [1.29, 1.82) is 0 Å². The molecule has 1 aliphatic heterocycles. The van der Waals surface area contributed by atoms with E-state index in [2.05, 4.69) is 30.8 Å². The molecule has 0 unspecified atom stereocenters. The van der Waals surface area contributed by atoms with Crippen molar-refractivity contribution in [1.82, 2.24) is 30.7 Å². The number of nitrogens with one attached hydrogen (secondary N) is 3. The number of guanidine groups is 1. The van der Waals surface area contributed by atoms with Gasteiger partial charge in [0.15, 0.2) is 11.7 Å².